The van der Waals surface area contributed by atoms with Gasteiger partial charge in [-0.1, -0.05) is 0 Å². The fraction of sp³-hybridized carbons (Fsp3) is 0.571. The Morgan fingerprint density at radius 1 is 1.33 bits per heavy atom. The first-order valence-corrected chi connectivity index (χ1v) is 7.84. The lowest BCUT2D eigenvalue weighted by Gasteiger charge is -2.29. The van der Waals surface area contributed by atoms with Crippen LogP contribution >= 0.6 is 0 Å². The van der Waals surface area contributed by atoms with Gasteiger partial charge in [0.25, 0.3) is 0 Å². The molecule has 0 radical (unpaired) electrons. The number of nitrogens with zero attached hydrogens (tertiary/aromatic N) is 7. The summed E-state index contributed by atoms with van der Waals surface area (Å²) in [6.45, 7) is 3.42. The van der Waals surface area contributed by atoms with Crippen LogP contribution in [0.2, 0.25) is 0 Å². The molecular weight excluding hydrogens is 314 g/mol. The molecule has 3 rings (SSSR count). The fourth-order valence-corrected chi connectivity index (χ4v) is 2.41. The second-order valence-corrected chi connectivity index (χ2v) is 5.44. The van der Waals surface area contributed by atoms with Crippen molar-refractivity contribution in [1.82, 2.24) is 30.2 Å². The minimum absolute atomic E-state index is 0.0874. The molecule has 0 amide bonds. The highest BCUT2D eigenvalue weighted by Crippen LogP contribution is 2.18. The number of tetrazole rings is 1. The number of ether oxygens (including phenoxy) is 1. The summed E-state index contributed by atoms with van der Waals surface area (Å²) in [7, 11) is 0. The SMILES string of the molecule is CCOC(=O)Cn1nnc(-c2cnc(N3CCC(O)CC3)nc2)n1. The number of aliphatic hydroxyl groups is 1. The monoisotopic (exact) mass is 333 g/mol. The maximum Gasteiger partial charge on any atom is 0.329 e. The van der Waals surface area contributed by atoms with E-state index in [0.717, 1.165) is 25.9 Å². The molecule has 0 bridgehead atoms. The number of hydrogen-bond donors (Lipinski definition) is 1. The van der Waals surface area contributed by atoms with Crippen molar-refractivity contribution in [2.45, 2.75) is 32.4 Å². The third-order valence-electron chi connectivity index (χ3n) is 3.67. The van der Waals surface area contributed by atoms with Crippen molar-refractivity contribution in [2.24, 2.45) is 0 Å². The van der Waals surface area contributed by atoms with Crippen molar-refractivity contribution >= 4 is 11.9 Å². The van der Waals surface area contributed by atoms with E-state index in [-0.39, 0.29) is 12.6 Å². The van der Waals surface area contributed by atoms with Crippen molar-refractivity contribution in [2.75, 3.05) is 24.6 Å². The van der Waals surface area contributed by atoms with E-state index >= 15 is 0 Å². The van der Waals surface area contributed by atoms with E-state index in [1.165, 1.54) is 4.80 Å². The third kappa shape index (κ3) is 3.82. The first-order valence-electron chi connectivity index (χ1n) is 7.84. The van der Waals surface area contributed by atoms with Gasteiger partial charge < -0.3 is 14.7 Å². The highest BCUT2D eigenvalue weighted by molar-refractivity contribution is 5.68. The van der Waals surface area contributed by atoms with Crippen LogP contribution in [0.3, 0.4) is 0 Å². The van der Waals surface area contributed by atoms with Crippen LogP contribution in [-0.2, 0) is 16.1 Å². The molecule has 24 heavy (non-hydrogen) atoms. The molecule has 3 heterocycles. The van der Waals surface area contributed by atoms with Gasteiger partial charge in [0.2, 0.25) is 11.8 Å². The standard InChI is InChI=1S/C14H19N7O3/c1-2-24-12(23)9-21-18-13(17-19-21)10-7-15-14(16-8-10)20-5-3-11(22)4-6-20/h7-8,11,22H,2-6,9H2,1H3. The fourth-order valence-electron chi connectivity index (χ4n) is 2.41. The van der Waals surface area contributed by atoms with Crippen LogP contribution in [0.4, 0.5) is 5.95 Å². The number of rotatable bonds is 5. The van der Waals surface area contributed by atoms with E-state index in [0.29, 0.717) is 23.9 Å². The van der Waals surface area contributed by atoms with Gasteiger partial charge in [-0.2, -0.15) is 4.80 Å². The highest BCUT2D eigenvalue weighted by atomic mass is 16.5. The van der Waals surface area contributed by atoms with Gasteiger partial charge in [0, 0.05) is 25.5 Å². The van der Waals surface area contributed by atoms with E-state index in [9.17, 15) is 9.90 Å². The molecule has 1 aliphatic rings. The minimum atomic E-state index is -0.416. The molecule has 1 saturated heterocycles. The summed E-state index contributed by atoms with van der Waals surface area (Å²) in [5, 5.41) is 21.4. The van der Waals surface area contributed by atoms with Crippen molar-refractivity contribution < 1.29 is 14.6 Å². The number of hydrogen-bond acceptors (Lipinski definition) is 9. The number of carbonyl (C=O) groups excluding carboxylic acids is 1. The van der Waals surface area contributed by atoms with Gasteiger partial charge >= 0.3 is 5.97 Å². The van der Waals surface area contributed by atoms with Gasteiger partial charge in [0.15, 0.2) is 6.54 Å². The first-order chi connectivity index (χ1) is 11.7. The Morgan fingerprint density at radius 2 is 2.04 bits per heavy atom. The summed E-state index contributed by atoms with van der Waals surface area (Å²) < 4.78 is 4.84. The van der Waals surface area contributed by atoms with Crippen molar-refractivity contribution in [1.29, 1.82) is 0 Å². The molecule has 128 valence electrons. The van der Waals surface area contributed by atoms with Gasteiger partial charge in [-0.3, -0.25) is 0 Å². The highest BCUT2D eigenvalue weighted by Gasteiger charge is 2.19. The molecule has 10 nitrogen and oxygen atoms in total. The van der Waals surface area contributed by atoms with Crippen LogP contribution in [0.25, 0.3) is 11.4 Å². The molecule has 0 spiro atoms. The lowest BCUT2D eigenvalue weighted by atomic mass is 10.1. The Labute approximate surface area is 138 Å². The van der Waals surface area contributed by atoms with Gasteiger partial charge in [0.05, 0.1) is 18.3 Å². The maximum atomic E-state index is 11.4. The molecule has 0 aliphatic carbocycles. The summed E-state index contributed by atoms with van der Waals surface area (Å²) in [6.07, 6.45) is 4.45. The van der Waals surface area contributed by atoms with Crippen LogP contribution < -0.4 is 4.90 Å². The predicted molar refractivity (Wildman–Crippen MR) is 82.9 cm³/mol. The Balaban J connectivity index is 1.65. The molecule has 0 saturated carbocycles. The third-order valence-corrected chi connectivity index (χ3v) is 3.67. The summed E-state index contributed by atoms with van der Waals surface area (Å²) in [4.78, 5) is 23.3. The van der Waals surface area contributed by atoms with E-state index < -0.39 is 5.97 Å². The van der Waals surface area contributed by atoms with E-state index in [4.69, 9.17) is 4.74 Å². The van der Waals surface area contributed by atoms with Crippen LogP contribution in [0.1, 0.15) is 19.8 Å². The number of carbonyl (C=O) groups is 1. The largest absolute Gasteiger partial charge is 0.465 e. The van der Waals surface area contributed by atoms with Crippen molar-refractivity contribution in [3.05, 3.63) is 12.4 Å². The summed E-state index contributed by atoms with van der Waals surface area (Å²) in [5.74, 6) is 0.546. The smallest absolute Gasteiger partial charge is 0.329 e. The van der Waals surface area contributed by atoms with Crippen LogP contribution in [-0.4, -0.2) is 67.1 Å². The average molecular weight is 333 g/mol. The predicted octanol–water partition coefficient (Wildman–Crippen LogP) is -0.346. The summed E-state index contributed by atoms with van der Waals surface area (Å²) in [5.41, 5.74) is 0.617. The summed E-state index contributed by atoms with van der Waals surface area (Å²) >= 11 is 0. The zero-order chi connectivity index (χ0) is 16.9. The van der Waals surface area contributed by atoms with Gasteiger partial charge in [-0.25, -0.2) is 14.8 Å². The van der Waals surface area contributed by atoms with Gasteiger partial charge in [-0.15, -0.1) is 10.2 Å². The second-order valence-electron chi connectivity index (χ2n) is 5.44. The van der Waals surface area contributed by atoms with Gasteiger partial charge in [-0.05, 0) is 25.0 Å². The van der Waals surface area contributed by atoms with Crippen molar-refractivity contribution in [3.8, 4) is 11.4 Å². The molecular formula is C14H19N7O3. The van der Waals surface area contributed by atoms with Crippen LogP contribution in [0.5, 0.6) is 0 Å². The summed E-state index contributed by atoms with van der Waals surface area (Å²) in [6, 6.07) is 0. The van der Waals surface area contributed by atoms with Crippen LogP contribution in [0.15, 0.2) is 12.4 Å². The molecule has 0 atom stereocenters. The minimum Gasteiger partial charge on any atom is -0.465 e. The first kappa shape index (κ1) is 16.2. The Bertz CT molecular complexity index is 680. The second kappa shape index (κ2) is 7.30. The Morgan fingerprint density at radius 3 is 2.71 bits per heavy atom. The lowest BCUT2D eigenvalue weighted by Crippen LogP contribution is -2.36. The number of esters is 1. The quantitative estimate of drug-likeness (QED) is 0.732. The van der Waals surface area contributed by atoms with E-state index in [1.54, 1.807) is 19.3 Å². The number of aromatic nitrogens is 6. The van der Waals surface area contributed by atoms with Gasteiger partial charge in [0.1, 0.15) is 0 Å². The molecule has 1 N–H and O–H groups in total. The molecule has 2 aromatic rings. The van der Waals surface area contributed by atoms with Crippen LogP contribution in [0, 0.1) is 0 Å². The number of anilines is 1. The molecule has 0 aromatic carbocycles. The number of piperidine rings is 1. The normalized spacial score (nSPS) is 15.5. The molecule has 10 heteroatoms. The lowest BCUT2D eigenvalue weighted by molar-refractivity contribution is -0.144. The van der Waals surface area contributed by atoms with Crippen molar-refractivity contribution in [3.63, 3.8) is 0 Å². The molecule has 1 aliphatic heterocycles. The Kier molecular flexibility index (Phi) is 4.94. The van der Waals surface area contributed by atoms with E-state index in [1.807, 2.05) is 4.90 Å². The molecule has 1 fully saturated rings. The average Bonchev–Trinajstić information content (AvgIpc) is 3.04. The van der Waals surface area contributed by atoms with E-state index in [2.05, 4.69) is 25.4 Å². The number of aliphatic hydroxyl groups excluding tert-OH is 1. The maximum absolute atomic E-state index is 11.4. The Hall–Kier alpha value is -2.62. The molecule has 0 unspecified atom stereocenters. The zero-order valence-electron chi connectivity index (χ0n) is 13.4. The zero-order valence-corrected chi connectivity index (χ0v) is 13.4. The topological polar surface area (TPSA) is 119 Å². The molecule has 2 aromatic heterocycles.